The van der Waals surface area contributed by atoms with Crippen LogP contribution in [0.2, 0.25) is 0 Å². The molecule has 31 heavy (non-hydrogen) atoms. The fraction of sp³-hybridized carbons (Fsp3) is 0.160. The Morgan fingerprint density at radius 2 is 1.52 bits per heavy atom. The summed E-state index contributed by atoms with van der Waals surface area (Å²) in [6, 6.07) is 19.2. The van der Waals surface area contributed by atoms with Gasteiger partial charge in [0.1, 0.15) is 0 Å². The maximum absolute atomic E-state index is 12.5. The molecule has 2 aromatic carbocycles. The predicted octanol–water partition coefficient (Wildman–Crippen LogP) is 6.50. The number of thiazole rings is 1. The van der Waals surface area contributed by atoms with Gasteiger partial charge in [0, 0.05) is 40.3 Å². The van der Waals surface area contributed by atoms with Crippen molar-refractivity contribution in [3.8, 4) is 11.3 Å². The molecule has 5 nitrogen and oxygen atoms in total. The Labute approximate surface area is 186 Å². The Hall–Kier alpha value is -3.51. The van der Waals surface area contributed by atoms with Crippen LogP contribution in [0.15, 0.2) is 78.4 Å². The van der Waals surface area contributed by atoms with E-state index in [0.717, 1.165) is 27.8 Å². The Morgan fingerprint density at radius 1 is 0.871 bits per heavy atom. The van der Waals surface area contributed by atoms with Crippen molar-refractivity contribution in [3.05, 3.63) is 89.6 Å². The second-order valence-corrected chi connectivity index (χ2v) is 9.12. The zero-order valence-corrected chi connectivity index (χ0v) is 18.5. The van der Waals surface area contributed by atoms with E-state index in [1.54, 1.807) is 23.7 Å². The van der Waals surface area contributed by atoms with Crippen LogP contribution in [0.1, 0.15) is 36.7 Å². The third kappa shape index (κ3) is 5.16. The van der Waals surface area contributed by atoms with Crippen LogP contribution in [0.5, 0.6) is 0 Å². The number of hydrogen-bond acceptors (Lipinski definition) is 5. The van der Waals surface area contributed by atoms with Crippen LogP contribution in [0, 0.1) is 0 Å². The average molecular weight is 429 g/mol. The van der Waals surface area contributed by atoms with E-state index in [2.05, 4.69) is 41.4 Å². The molecule has 2 heterocycles. The maximum atomic E-state index is 12.5. The largest absolute Gasteiger partial charge is 0.332 e. The van der Waals surface area contributed by atoms with E-state index in [9.17, 15) is 4.79 Å². The third-order valence-corrected chi connectivity index (χ3v) is 5.65. The number of nitrogens with one attached hydrogen (secondary N) is 2. The van der Waals surface area contributed by atoms with Gasteiger partial charge in [-0.25, -0.2) is 4.98 Å². The lowest BCUT2D eigenvalue weighted by Gasteiger charge is -2.19. The summed E-state index contributed by atoms with van der Waals surface area (Å²) in [6.07, 6.45) is 3.52. The zero-order valence-electron chi connectivity index (χ0n) is 17.7. The summed E-state index contributed by atoms with van der Waals surface area (Å²) in [5.74, 6) is -0.122. The molecule has 0 spiro atoms. The molecule has 0 saturated heterocycles. The Bertz CT molecular complexity index is 1160. The highest BCUT2D eigenvalue weighted by atomic mass is 32.1. The molecule has 1 amide bonds. The Morgan fingerprint density at radius 3 is 2.16 bits per heavy atom. The zero-order chi connectivity index (χ0) is 21.8. The topological polar surface area (TPSA) is 66.9 Å². The number of anilines is 3. The molecule has 2 aromatic heterocycles. The molecular weight excluding hydrogens is 404 g/mol. The molecule has 4 rings (SSSR count). The van der Waals surface area contributed by atoms with Gasteiger partial charge in [0.15, 0.2) is 5.13 Å². The minimum atomic E-state index is -0.122. The molecule has 4 aromatic rings. The molecule has 0 aliphatic heterocycles. The number of benzene rings is 2. The standard InChI is InChI=1S/C25H24N4OS/c1-25(2,3)19-6-4-18(5-7-19)23(30)27-20-8-10-21(11-9-20)28-24-29-22(16-31-24)17-12-14-26-15-13-17/h4-16H,1-3H3,(H,27,30)(H,28,29). The number of nitrogens with zero attached hydrogens (tertiary/aromatic N) is 2. The summed E-state index contributed by atoms with van der Waals surface area (Å²) in [5.41, 5.74) is 5.50. The number of pyridine rings is 1. The molecule has 0 fully saturated rings. The SMILES string of the molecule is CC(C)(C)c1ccc(C(=O)Nc2ccc(Nc3nc(-c4ccncc4)cs3)cc2)cc1. The highest BCUT2D eigenvalue weighted by Gasteiger charge is 2.14. The number of amides is 1. The van der Waals surface area contributed by atoms with Gasteiger partial charge in [0.05, 0.1) is 5.69 Å². The van der Waals surface area contributed by atoms with Crippen molar-refractivity contribution in [2.45, 2.75) is 26.2 Å². The fourth-order valence-corrected chi connectivity index (χ4v) is 3.81. The summed E-state index contributed by atoms with van der Waals surface area (Å²) in [4.78, 5) is 21.2. The van der Waals surface area contributed by atoms with E-state index >= 15 is 0 Å². The van der Waals surface area contributed by atoms with Crippen LogP contribution in [0.25, 0.3) is 11.3 Å². The monoisotopic (exact) mass is 428 g/mol. The molecule has 0 saturated carbocycles. The molecule has 0 atom stereocenters. The number of carbonyl (C=O) groups excluding carboxylic acids is 1. The number of rotatable bonds is 5. The first-order valence-corrected chi connectivity index (χ1v) is 10.9. The van der Waals surface area contributed by atoms with Crippen LogP contribution >= 0.6 is 11.3 Å². The second kappa shape index (κ2) is 8.70. The summed E-state index contributed by atoms with van der Waals surface area (Å²) in [6.45, 7) is 6.47. The molecule has 0 aliphatic rings. The Balaban J connectivity index is 1.38. The lowest BCUT2D eigenvalue weighted by Crippen LogP contribution is -2.14. The number of hydrogen-bond donors (Lipinski definition) is 2. The number of carbonyl (C=O) groups is 1. The summed E-state index contributed by atoms with van der Waals surface area (Å²) >= 11 is 1.54. The van der Waals surface area contributed by atoms with Crippen molar-refractivity contribution < 1.29 is 4.79 Å². The summed E-state index contributed by atoms with van der Waals surface area (Å²) in [5, 5.41) is 9.07. The van der Waals surface area contributed by atoms with Gasteiger partial charge in [-0.05, 0) is 59.5 Å². The van der Waals surface area contributed by atoms with Gasteiger partial charge in [-0.1, -0.05) is 32.9 Å². The first-order chi connectivity index (χ1) is 14.9. The van der Waals surface area contributed by atoms with Gasteiger partial charge in [-0.15, -0.1) is 11.3 Å². The van der Waals surface area contributed by atoms with Gasteiger partial charge in [0.2, 0.25) is 0 Å². The van der Waals surface area contributed by atoms with Gasteiger partial charge in [0.25, 0.3) is 5.91 Å². The maximum Gasteiger partial charge on any atom is 0.255 e. The van der Waals surface area contributed by atoms with Crippen molar-refractivity contribution >= 4 is 33.8 Å². The minimum absolute atomic E-state index is 0.0638. The van der Waals surface area contributed by atoms with E-state index in [4.69, 9.17) is 0 Å². The first kappa shape index (κ1) is 20.8. The van der Waals surface area contributed by atoms with E-state index in [-0.39, 0.29) is 11.3 Å². The fourth-order valence-electron chi connectivity index (χ4n) is 3.07. The highest BCUT2D eigenvalue weighted by molar-refractivity contribution is 7.14. The van der Waals surface area contributed by atoms with Gasteiger partial charge in [-0.3, -0.25) is 9.78 Å². The van der Waals surface area contributed by atoms with E-state index in [0.29, 0.717) is 5.56 Å². The summed E-state index contributed by atoms with van der Waals surface area (Å²) < 4.78 is 0. The van der Waals surface area contributed by atoms with E-state index in [1.807, 2.05) is 66.0 Å². The smallest absolute Gasteiger partial charge is 0.255 e. The molecule has 0 unspecified atom stereocenters. The molecule has 2 N–H and O–H groups in total. The van der Waals surface area contributed by atoms with Crippen molar-refractivity contribution in [2.75, 3.05) is 10.6 Å². The Kier molecular flexibility index (Phi) is 5.82. The van der Waals surface area contributed by atoms with Crippen molar-refractivity contribution in [2.24, 2.45) is 0 Å². The minimum Gasteiger partial charge on any atom is -0.332 e. The van der Waals surface area contributed by atoms with Crippen LogP contribution in [0.3, 0.4) is 0 Å². The third-order valence-electron chi connectivity index (χ3n) is 4.89. The molecule has 0 radical (unpaired) electrons. The van der Waals surface area contributed by atoms with Gasteiger partial charge >= 0.3 is 0 Å². The molecule has 0 aliphatic carbocycles. The molecule has 6 heteroatoms. The van der Waals surface area contributed by atoms with E-state index in [1.165, 1.54) is 5.56 Å². The van der Waals surface area contributed by atoms with Crippen LogP contribution in [-0.4, -0.2) is 15.9 Å². The average Bonchev–Trinajstić information content (AvgIpc) is 3.24. The lowest BCUT2D eigenvalue weighted by molar-refractivity contribution is 0.102. The normalized spacial score (nSPS) is 11.2. The highest BCUT2D eigenvalue weighted by Crippen LogP contribution is 2.27. The molecular formula is C25H24N4OS. The van der Waals surface area contributed by atoms with Crippen molar-refractivity contribution in [3.63, 3.8) is 0 Å². The van der Waals surface area contributed by atoms with Crippen LogP contribution in [0.4, 0.5) is 16.5 Å². The predicted molar refractivity (Wildman–Crippen MR) is 128 cm³/mol. The summed E-state index contributed by atoms with van der Waals surface area (Å²) in [7, 11) is 0. The molecule has 156 valence electrons. The van der Waals surface area contributed by atoms with Crippen LogP contribution in [-0.2, 0) is 5.41 Å². The van der Waals surface area contributed by atoms with Gasteiger partial charge in [-0.2, -0.15) is 0 Å². The number of aromatic nitrogens is 2. The lowest BCUT2D eigenvalue weighted by atomic mass is 9.87. The molecule has 0 bridgehead atoms. The van der Waals surface area contributed by atoms with Crippen molar-refractivity contribution in [1.82, 2.24) is 9.97 Å². The quantitative estimate of drug-likeness (QED) is 0.381. The van der Waals surface area contributed by atoms with Crippen molar-refractivity contribution in [1.29, 1.82) is 0 Å². The first-order valence-electron chi connectivity index (χ1n) is 10.0. The van der Waals surface area contributed by atoms with Gasteiger partial charge < -0.3 is 10.6 Å². The second-order valence-electron chi connectivity index (χ2n) is 8.26. The van der Waals surface area contributed by atoms with Crippen LogP contribution < -0.4 is 10.6 Å². The van der Waals surface area contributed by atoms with E-state index < -0.39 is 0 Å².